The molecule has 3 aromatic rings. The molecule has 0 fully saturated rings. The molecule has 0 aliphatic rings. The summed E-state index contributed by atoms with van der Waals surface area (Å²) in [6, 6.07) is 8.33. The molecule has 1 unspecified atom stereocenters. The molecule has 6 nitrogen and oxygen atoms in total. The predicted molar refractivity (Wildman–Crippen MR) is 97.3 cm³/mol. The first-order valence-electron chi connectivity index (χ1n) is 7.79. The molecule has 28 heavy (non-hydrogen) atoms. The van der Waals surface area contributed by atoms with Gasteiger partial charge in [0.1, 0.15) is 17.1 Å². The van der Waals surface area contributed by atoms with Gasteiger partial charge in [0.25, 0.3) is 5.91 Å². The van der Waals surface area contributed by atoms with Gasteiger partial charge in [0, 0.05) is 10.6 Å². The zero-order valence-corrected chi connectivity index (χ0v) is 15.5. The Labute approximate surface area is 167 Å². The van der Waals surface area contributed by atoms with E-state index in [0.29, 0.717) is 10.6 Å². The molecule has 1 heterocycles. The number of nitrogens with two attached hydrogens (primary N) is 1. The molecule has 1 amide bonds. The number of carbonyl (C=O) groups is 1. The number of amides is 1. The fourth-order valence-corrected chi connectivity index (χ4v) is 2.77. The van der Waals surface area contributed by atoms with E-state index in [4.69, 9.17) is 38.1 Å². The van der Waals surface area contributed by atoms with E-state index in [1.807, 2.05) is 0 Å². The first-order chi connectivity index (χ1) is 13.3. The first-order valence-corrected chi connectivity index (χ1v) is 8.55. The number of oxazole rings is 1. The number of halogens is 4. The lowest BCUT2D eigenvalue weighted by Gasteiger charge is -2.15. The molecule has 0 aliphatic carbocycles. The van der Waals surface area contributed by atoms with Gasteiger partial charge in [-0.15, -0.1) is 0 Å². The molecule has 0 spiro atoms. The summed E-state index contributed by atoms with van der Waals surface area (Å²) >= 11 is 11.9. The molecule has 1 atom stereocenters. The second kappa shape index (κ2) is 8.14. The monoisotopic (exact) mass is 428 g/mol. The second-order valence-corrected chi connectivity index (χ2v) is 6.35. The maximum absolute atomic E-state index is 14.3. The Morgan fingerprint density at radius 3 is 2.50 bits per heavy atom. The lowest BCUT2D eigenvalue weighted by Crippen LogP contribution is -2.18. The number of ether oxygens (including phenoxy) is 1. The molecule has 0 radical (unpaired) electrons. The number of aliphatic hydroxyl groups is 1. The Hall–Kier alpha value is -2.68. The lowest BCUT2D eigenvalue weighted by atomic mass is 10.1. The number of aliphatic hydroxyl groups excluding tert-OH is 1. The number of hydrogen-bond acceptors (Lipinski definition) is 5. The van der Waals surface area contributed by atoms with Crippen LogP contribution in [0.15, 0.2) is 40.8 Å². The van der Waals surface area contributed by atoms with E-state index in [2.05, 4.69) is 4.98 Å². The fraction of sp³-hybridized carbons (Fsp3) is 0.111. The van der Waals surface area contributed by atoms with Crippen LogP contribution in [-0.2, 0) is 0 Å². The van der Waals surface area contributed by atoms with Gasteiger partial charge in [0.05, 0.1) is 6.61 Å². The maximum atomic E-state index is 14.3. The molecule has 0 bridgehead atoms. The topological polar surface area (TPSA) is 98.6 Å². The summed E-state index contributed by atoms with van der Waals surface area (Å²) in [7, 11) is 0. The van der Waals surface area contributed by atoms with Gasteiger partial charge in [-0.2, -0.15) is 0 Å². The van der Waals surface area contributed by atoms with Crippen LogP contribution in [0.4, 0.5) is 8.78 Å². The third-order valence-electron chi connectivity index (χ3n) is 3.73. The molecule has 0 aliphatic heterocycles. The maximum Gasteiger partial charge on any atom is 0.254 e. The van der Waals surface area contributed by atoms with Gasteiger partial charge in [-0.05, 0) is 35.9 Å². The fourth-order valence-electron chi connectivity index (χ4n) is 2.41. The average Bonchev–Trinajstić information content (AvgIpc) is 3.03. The molecule has 1 aromatic heterocycles. The molecule has 0 saturated carbocycles. The quantitative estimate of drug-likeness (QED) is 0.614. The number of benzene rings is 2. The molecular weight excluding hydrogens is 417 g/mol. The van der Waals surface area contributed by atoms with E-state index in [9.17, 15) is 18.7 Å². The number of aromatic nitrogens is 1. The largest absolute Gasteiger partial charge is 0.475 e. The normalized spacial score (nSPS) is 12.0. The molecular formula is C18H12Cl2F2N2O4. The molecule has 10 heteroatoms. The summed E-state index contributed by atoms with van der Waals surface area (Å²) in [4.78, 5) is 15.4. The Bertz CT molecular complexity index is 1030. The highest BCUT2D eigenvalue weighted by molar-refractivity contribution is 6.31. The highest BCUT2D eigenvalue weighted by Gasteiger charge is 2.26. The zero-order valence-electron chi connectivity index (χ0n) is 14.0. The van der Waals surface area contributed by atoms with Crippen molar-refractivity contribution in [1.82, 2.24) is 4.98 Å². The van der Waals surface area contributed by atoms with E-state index in [0.717, 1.165) is 12.1 Å². The van der Waals surface area contributed by atoms with Crippen molar-refractivity contribution in [3.05, 3.63) is 69.7 Å². The second-order valence-electron chi connectivity index (χ2n) is 5.57. The Morgan fingerprint density at radius 1 is 1.21 bits per heavy atom. The molecule has 3 rings (SSSR count). The number of hydrogen-bond donors (Lipinski definition) is 2. The minimum absolute atomic E-state index is 0.0863. The first kappa shape index (κ1) is 20.1. The summed E-state index contributed by atoms with van der Waals surface area (Å²) < 4.78 is 38.6. The summed E-state index contributed by atoms with van der Waals surface area (Å²) in [5.74, 6) is -4.41. The number of primary amides is 1. The van der Waals surface area contributed by atoms with Gasteiger partial charge in [0.2, 0.25) is 11.1 Å². The van der Waals surface area contributed by atoms with Crippen LogP contribution in [0.25, 0.3) is 11.3 Å². The van der Waals surface area contributed by atoms with Crippen LogP contribution >= 0.6 is 23.2 Å². The number of rotatable bonds is 6. The van der Waals surface area contributed by atoms with Crippen LogP contribution in [0, 0.1) is 11.6 Å². The summed E-state index contributed by atoms with van der Waals surface area (Å²) in [5, 5.41) is 10.0. The van der Waals surface area contributed by atoms with Crippen molar-refractivity contribution in [2.45, 2.75) is 6.10 Å². The Morgan fingerprint density at radius 2 is 1.89 bits per heavy atom. The van der Waals surface area contributed by atoms with E-state index < -0.39 is 41.6 Å². The van der Waals surface area contributed by atoms with Crippen molar-refractivity contribution in [2.75, 3.05) is 6.61 Å². The van der Waals surface area contributed by atoms with Gasteiger partial charge in [-0.1, -0.05) is 23.7 Å². The standard InChI is InChI=1S/C18H12Cl2F2N2O4/c19-9-3-1-8(2-4-9)15-16(20)28-18(24-15)12(7-25)27-11-6-5-10(21)13(14(11)22)17(23)26/h1-6,12,25H,7H2,(H2,23,26). The molecule has 3 N–H and O–H groups in total. The molecule has 2 aromatic carbocycles. The average molecular weight is 429 g/mol. The van der Waals surface area contributed by atoms with Gasteiger partial charge >= 0.3 is 0 Å². The van der Waals surface area contributed by atoms with Crippen molar-refractivity contribution in [3.8, 4) is 17.0 Å². The summed E-state index contributed by atoms with van der Waals surface area (Å²) in [6.45, 7) is -0.667. The van der Waals surface area contributed by atoms with E-state index >= 15 is 0 Å². The van der Waals surface area contributed by atoms with Crippen LogP contribution in [0.1, 0.15) is 22.4 Å². The third-order valence-corrected chi connectivity index (χ3v) is 4.24. The van der Waals surface area contributed by atoms with E-state index in [-0.39, 0.29) is 16.8 Å². The van der Waals surface area contributed by atoms with E-state index in [1.54, 1.807) is 24.3 Å². The van der Waals surface area contributed by atoms with Gasteiger partial charge in [-0.3, -0.25) is 4.79 Å². The minimum atomic E-state index is -1.30. The van der Waals surface area contributed by atoms with E-state index in [1.165, 1.54) is 0 Å². The third kappa shape index (κ3) is 3.94. The minimum Gasteiger partial charge on any atom is -0.475 e. The number of nitrogens with zero attached hydrogens (tertiary/aromatic N) is 1. The highest BCUT2D eigenvalue weighted by Crippen LogP contribution is 2.33. The summed E-state index contributed by atoms with van der Waals surface area (Å²) in [5.41, 5.74) is 4.86. The Balaban J connectivity index is 1.93. The molecule has 0 saturated heterocycles. The number of carbonyl (C=O) groups excluding carboxylic acids is 1. The van der Waals surface area contributed by atoms with Crippen LogP contribution in [-0.4, -0.2) is 22.6 Å². The summed E-state index contributed by atoms with van der Waals surface area (Å²) in [6.07, 6.45) is -1.28. The van der Waals surface area contributed by atoms with Crippen molar-refractivity contribution in [1.29, 1.82) is 0 Å². The van der Waals surface area contributed by atoms with Crippen LogP contribution in [0.3, 0.4) is 0 Å². The van der Waals surface area contributed by atoms with Gasteiger partial charge in [-0.25, -0.2) is 13.8 Å². The highest BCUT2D eigenvalue weighted by atomic mass is 35.5. The lowest BCUT2D eigenvalue weighted by molar-refractivity contribution is 0.0888. The van der Waals surface area contributed by atoms with Gasteiger partial charge < -0.3 is 20.0 Å². The van der Waals surface area contributed by atoms with Crippen LogP contribution < -0.4 is 10.5 Å². The van der Waals surface area contributed by atoms with Crippen LogP contribution in [0.2, 0.25) is 10.2 Å². The van der Waals surface area contributed by atoms with Crippen LogP contribution in [0.5, 0.6) is 5.75 Å². The van der Waals surface area contributed by atoms with Gasteiger partial charge in [0.15, 0.2) is 17.7 Å². The zero-order chi connectivity index (χ0) is 20.4. The smallest absolute Gasteiger partial charge is 0.254 e. The van der Waals surface area contributed by atoms with Crippen molar-refractivity contribution < 1.29 is 27.8 Å². The van der Waals surface area contributed by atoms with Crippen molar-refractivity contribution >= 4 is 29.1 Å². The van der Waals surface area contributed by atoms with Crippen molar-refractivity contribution in [3.63, 3.8) is 0 Å². The Kier molecular flexibility index (Phi) is 5.83. The molecule has 146 valence electrons. The SMILES string of the molecule is NC(=O)c1c(F)ccc(OC(CO)c2nc(-c3ccc(Cl)cc3)c(Cl)o2)c1F. The van der Waals surface area contributed by atoms with Crippen molar-refractivity contribution in [2.24, 2.45) is 5.73 Å². The predicted octanol–water partition coefficient (Wildman–Crippen LogP) is 4.14.